The van der Waals surface area contributed by atoms with E-state index in [1.807, 2.05) is 0 Å². The quantitative estimate of drug-likeness (QED) is 0.849. The van der Waals surface area contributed by atoms with E-state index in [9.17, 15) is 18.4 Å². The summed E-state index contributed by atoms with van der Waals surface area (Å²) < 4.78 is 26.2. The summed E-state index contributed by atoms with van der Waals surface area (Å²) in [5, 5.41) is 2.44. The van der Waals surface area contributed by atoms with Gasteiger partial charge in [0.2, 0.25) is 11.8 Å². The van der Waals surface area contributed by atoms with Gasteiger partial charge in [0.25, 0.3) is 0 Å². The summed E-state index contributed by atoms with van der Waals surface area (Å²) in [7, 11) is 0. The van der Waals surface area contributed by atoms with Crippen molar-refractivity contribution in [1.29, 1.82) is 0 Å². The van der Waals surface area contributed by atoms with E-state index in [-0.39, 0.29) is 30.5 Å². The summed E-state index contributed by atoms with van der Waals surface area (Å²) in [6.45, 7) is 1.43. The number of nitrogens with one attached hydrogen (secondary N) is 1. The fraction of sp³-hybridized carbons (Fsp3) is 0.333. The van der Waals surface area contributed by atoms with Crippen molar-refractivity contribution in [2.24, 2.45) is 0 Å². The van der Waals surface area contributed by atoms with Gasteiger partial charge in [-0.25, -0.2) is 8.78 Å². The molecule has 1 aliphatic rings. The average Bonchev–Trinajstić information content (AvgIpc) is 2.32. The van der Waals surface area contributed by atoms with Crippen LogP contribution in [-0.2, 0) is 16.1 Å². The first-order valence-electron chi connectivity index (χ1n) is 5.50. The highest BCUT2D eigenvalue weighted by atomic mass is 19.1. The van der Waals surface area contributed by atoms with Gasteiger partial charge in [-0.15, -0.1) is 0 Å². The van der Waals surface area contributed by atoms with Crippen LogP contribution in [0.15, 0.2) is 18.2 Å². The maximum absolute atomic E-state index is 13.5. The molecule has 1 N–H and O–H groups in total. The summed E-state index contributed by atoms with van der Waals surface area (Å²) in [5.41, 5.74) is 0.186. The van der Waals surface area contributed by atoms with E-state index in [0.29, 0.717) is 0 Å². The lowest BCUT2D eigenvalue weighted by molar-refractivity contribution is -0.145. The van der Waals surface area contributed by atoms with Crippen molar-refractivity contribution in [1.82, 2.24) is 10.2 Å². The van der Waals surface area contributed by atoms with Crippen LogP contribution in [0.2, 0.25) is 0 Å². The molecular weight excluding hydrogens is 242 g/mol. The van der Waals surface area contributed by atoms with Crippen molar-refractivity contribution in [3.8, 4) is 0 Å². The lowest BCUT2D eigenvalue weighted by Gasteiger charge is -2.32. The zero-order valence-electron chi connectivity index (χ0n) is 9.74. The van der Waals surface area contributed by atoms with Crippen LogP contribution < -0.4 is 5.32 Å². The van der Waals surface area contributed by atoms with E-state index in [1.165, 1.54) is 11.0 Å². The van der Waals surface area contributed by atoms with E-state index < -0.39 is 17.7 Å². The topological polar surface area (TPSA) is 49.4 Å². The van der Waals surface area contributed by atoms with Gasteiger partial charge in [-0.3, -0.25) is 9.59 Å². The molecule has 2 rings (SSSR count). The Kier molecular flexibility index (Phi) is 3.27. The Morgan fingerprint density at radius 2 is 2.11 bits per heavy atom. The summed E-state index contributed by atoms with van der Waals surface area (Å²) in [6.07, 6.45) is 0. The third-order valence-electron chi connectivity index (χ3n) is 2.94. The predicted octanol–water partition coefficient (Wildman–Crippen LogP) is 0.812. The number of nitrogens with zero attached hydrogens (tertiary/aromatic N) is 1. The van der Waals surface area contributed by atoms with E-state index in [4.69, 9.17) is 0 Å². The number of carbonyl (C=O) groups is 2. The first-order chi connectivity index (χ1) is 8.49. The Hall–Kier alpha value is -1.98. The van der Waals surface area contributed by atoms with E-state index in [2.05, 4.69) is 5.32 Å². The molecule has 1 atom stereocenters. The zero-order chi connectivity index (χ0) is 13.3. The van der Waals surface area contributed by atoms with E-state index >= 15 is 0 Å². The van der Waals surface area contributed by atoms with E-state index in [1.54, 1.807) is 6.92 Å². The molecule has 0 aliphatic carbocycles. The lowest BCUT2D eigenvalue weighted by Crippen LogP contribution is -2.56. The molecule has 1 saturated heterocycles. The van der Waals surface area contributed by atoms with Crippen LogP contribution in [0.4, 0.5) is 8.78 Å². The van der Waals surface area contributed by atoms with Gasteiger partial charge >= 0.3 is 0 Å². The number of rotatable bonds is 2. The normalized spacial score (nSPS) is 19.9. The molecule has 1 fully saturated rings. The molecule has 96 valence electrons. The Morgan fingerprint density at radius 3 is 2.78 bits per heavy atom. The molecule has 1 aliphatic heterocycles. The van der Waals surface area contributed by atoms with Crippen LogP contribution in [0.3, 0.4) is 0 Å². The summed E-state index contributed by atoms with van der Waals surface area (Å²) in [5.74, 6) is -1.96. The first kappa shape index (κ1) is 12.5. The maximum atomic E-state index is 13.5. The largest absolute Gasteiger partial charge is 0.345 e. The Morgan fingerprint density at radius 1 is 1.39 bits per heavy atom. The number of hydrogen-bond acceptors (Lipinski definition) is 2. The molecule has 0 radical (unpaired) electrons. The van der Waals surface area contributed by atoms with Crippen molar-refractivity contribution in [3.05, 3.63) is 35.4 Å². The molecular formula is C12H12F2N2O2. The van der Waals surface area contributed by atoms with Crippen LogP contribution in [0.25, 0.3) is 0 Å². The minimum Gasteiger partial charge on any atom is -0.345 e. The number of hydrogen-bond donors (Lipinski definition) is 1. The fourth-order valence-electron chi connectivity index (χ4n) is 1.83. The molecule has 0 bridgehead atoms. The van der Waals surface area contributed by atoms with Gasteiger partial charge in [-0.2, -0.15) is 0 Å². The average molecular weight is 254 g/mol. The second-order valence-corrected chi connectivity index (χ2v) is 4.15. The standard InChI is InChI=1S/C12H12F2N2O2/c1-7-12(18)15-5-11(17)16(7)6-8-2-3-9(13)4-10(8)14/h2-4,7H,5-6H2,1H3,(H,15,18). The van der Waals surface area contributed by atoms with Crippen LogP contribution >= 0.6 is 0 Å². The highest BCUT2D eigenvalue weighted by molar-refractivity contribution is 5.94. The van der Waals surface area contributed by atoms with Gasteiger partial charge in [0.1, 0.15) is 17.7 Å². The first-order valence-corrected chi connectivity index (χ1v) is 5.50. The minimum absolute atomic E-state index is 0.0421. The maximum Gasteiger partial charge on any atom is 0.242 e. The van der Waals surface area contributed by atoms with Gasteiger partial charge in [0, 0.05) is 18.2 Å². The molecule has 1 aromatic carbocycles. The monoisotopic (exact) mass is 254 g/mol. The second-order valence-electron chi connectivity index (χ2n) is 4.15. The zero-order valence-corrected chi connectivity index (χ0v) is 9.74. The Bertz CT molecular complexity index is 505. The Labute approximate surface area is 103 Å². The molecule has 0 saturated carbocycles. The third kappa shape index (κ3) is 2.32. The van der Waals surface area contributed by atoms with Crippen molar-refractivity contribution in [2.75, 3.05) is 6.54 Å². The predicted molar refractivity (Wildman–Crippen MR) is 59.4 cm³/mol. The van der Waals surface area contributed by atoms with Gasteiger partial charge in [0.05, 0.1) is 6.54 Å². The molecule has 1 aromatic rings. The molecule has 6 heteroatoms. The van der Waals surface area contributed by atoms with Crippen LogP contribution in [-0.4, -0.2) is 29.3 Å². The SMILES string of the molecule is CC1C(=O)NCC(=O)N1Cc1ccc(F)cc1F. The van der Waals surface area contributed by atoms with Crippen molar-refractivity contribution < 1.29 is 18.4 Å². The second kappa shape index (κ2) is 4.72. The highest BCUT2D eigenvalue weighted by Gasteiger charge is 2.31. The number of carbonyl (C=O) groups excluding carboxylic acids is 2. The molecule has 1 unspecified atom stereocenters. The van der Waals surface area contributed by atoms with Crippen LogP contribution in [0.1, 0.15) is 12.5 Å². The number of benzene rings is 1. The molecule has 0 spiro atoms. The van der Waals surface area contributed by atoms with Crippen LogP contribution in [0.5, 0.6) is 0 Å². The molecule has 2 amide bonds. The fourth-order valence-corrected chi connectivity index (χ4v) is 1.83. The lowest BCUT2D eigenvalue weighted by atomic mass is 10.1. The molecule has 0 aromatic heterocycles. The van der Waals surface area contributed by atoms with Crippen molar-refractivity contribution >= 4 is 11.8 Å². The Balaban J connectivity index is 2.21. The smallest absolute Gasteiger partial charge is 0.242 e. The number of halogens is 2. The minimum atomic E-state index is -0.721. The number of amides is 2. The third-order valence-corrected chi connectivity index (χ3v) is 2.94. The number of piperazine rings is 1. The molecule has 4 nitrogen and oxygen atoms in total. The summed E-state index contributed by atoms with van der Waals surface area (Å²) in [6, 6.07) is 2.50. The van der Waals surface area contributed by atoms with Crippen LogP contribution in [0, 0.1) is 11.6 Å². The molecule has 1 heterocycles. The summed E-state index contributed by atoms with van der Waals surface area (Å²) in [4.78, 5) is 24.3. The van der Waals surface area contributed by atoms with Gasteiger partial charge < -0.3 is 10.2 Å². The highest BCUT2D eigenvalue weighted by Crippen LogP contribution is 2.15. The van der Waals surface area contributed by atoms with E-state index in [0.717, 1.165) is 12.1 Å². The van der Waals surface area contributed by atoms with Gasteiger partial charge in [-0.1, -0.05) is 6.07 Å². The van der Waals surface area contributed by atoms with Gasteiger partial charge in [-0.05, 0) is 13.0 Å². The van der Waals surface area contributed by atoms with Crippen molar-refractivity contribution in [2.45, 2.75) is 19.5 Å². The molecule has 18 heavy (non-hydrogen) atoms. The van der Waals surface area contributed by atoms with Crippen molar-refractivity contribution in [3.63, 3.8) is 0 Å². The summed E-state index contributed by atoms with van der Waals surface area (Å²) >= 11 is 0. The van der Waals surface area contributed by atoms with Gasteiger partial charge in [0.15, 0.2) is 0 Å².